The van der Waals surface area contributed by atoms with Crippen LogP contribution in [0.5, 0.6) is 17.2 Å². The van der Waals surface area contributed by atoms with Crippen LogP contribution in [0.4, 0.5) is 11.4 Å². The van der Waals surface area contributed by atoms with Gasteiger partial charge in [0.05, 0.1) is 19.0 Å². The Labute approximate surface area is 162 Å². The lowest BCUT2D eigenvalue weighted by atomic mass is 10.2. The quantitative estimate of drug-likeness (QED) is 0.684. The molecule has 28 heavy (non-hydrogen) atoms. The first-order valence-electron chi connectivity index (χ1n) is 8.76. The van der Waals surface area contributed by atoms with Gasteiger partial charge in [-0.3, -0.25) is 4.79 Å². The van der Waals surface area contributed by atoms with E-state index in [0.29, 0.717) is 18.0 Å². The number of rotatable bonds is 6. The first-order chi connectivity index (χ1) is 13.7. The van der Waals surface area contributed by atoms with Gasteiger partial charge in [-0.2, -0.15) is 0 Å². The van der Waals surface area contributed by atoms with Crippen molar-refractivity contribution in [1.29, 1.82) is 0 Å². The van der Waals surface area contributed by atoms with Crippen LogP contribution in [0.1, 0.15) is 16.1 Å². The topological polar surface area (TPSA) is 81.7 Å². The third-order valence-electron chi connectivity index (χ3n) is 4.29. The van der Waals surface area contributed by atoms with E-state index in [4.69, 9.17) is 14.2 Å². The van der Waals surface area contributed by atoms with Crippen molar-refractivity contribution >= 4 is 17.3 Å². The molecule has 0 atom stereocenters. The molecule has 0 saturated heterocycles. The normalized spacial score (nSPS) is 11.8. The Morgan fingerprint density at radius 2 is 1.89 bits per heavy atom. The summed E-state index contributed by atoms with van der Waals surface area (Å²) in [4.78, 5) is 16.6. The number of hydrogen-bond acceptors (Lipinski definition) is 6. The van der Waals surface area contributed by atoms with Gasteiger partial charge in [0.15, 0.2) is 11.5 Å². The summed E-state index contributed by atoms with van der Waals surface area (Å²) in [6.07, 6.45) is 1.61. The number of nitrogens with zero attached hydrogens (tertiary/aromatic N) is 1. The number of pyridine rings is 1. The first kappa shape index (κ1) is 17.7. The molecule has 0 spiro atoms. The Balaban J connectivity index is 1.38. The van der Waals surface area contributed by atoms with Crippen molar-refractivity contribution in [3.05, 3.63) is 72.1 Å². The highest BCUT2D eigenvalue weighted by Crippen LogP contribution is 2.35. The molecule has 0 fully saturated rings. The van der Waals surface area contributed by atoms with Crippen molar-refractivity contribution in [2.75, 3.05) is 19.2 Å². The summed E-state index contributed by atoms with van der Waals surface area (Å²) in [7, 11) is 1.61. The molecule has 2 heterocycles. The van der Waals surface area contributed by atoms with E-state index in [1.165, 1.54) is 0 Å². The number of carbonyl (C=O) groups is 1. The Hall–Kier alpha value is -3.74. The second-order valence-electron chi connectivity index (χ2n) is 6.12. The third-order valence-corrected chi connectivity index (χ3v) is 4.29. The number of methoxy groups -OCH3 is 1. The number of aromatic nitrogens is 1. The molecule has 0 unspecified atom stereocenters. The summed E-state index contributed by atoms with van der Waals surface area (Å²) in [5.41, 5.74) is 2.85. The van der Waals surface area contributed by atoms with Gasteiger partial charge in [0.1, 0.15) is 11.4 Å². The van der Waals surface area contributed by atoms with E-state index in [1.807, 2.05) is 42.5 Å². The maximum Gasteiger partial charge on any atom is 0.270 e. The van der Waals surface area contributed by atoms with Gasteiger partial charge >= 0.3 is 0 Å². The summed E-state index contributed by atoms with van der Waals surface area (Å²) in [6, 6.07) is 16.6. The third kappa shape index (κ3) is 3.83. The molecular formula is C21H19N3O4. The predicted octanol–water partition coefficient (Wildman–Crippen LogP) is 3.49. The molecule has 142 valence electrons. The van der Waals surface area contributed by atoms with Gasteiger partial charge in [0.25, 0.3) is 5.91 Å². The van der Waals surface area contributed by atoms with E-state index in [0.717, 1.165) is 28.4 Å². The molecule has 4 rings (SSSR count). The molecule has 3 aromatic rings. The van der Waals surface area contributed by atoms with Gasteiger partial charge in [-0.05, 0) is 30.3 Å². The van der Waals surface area contributed by atoms with E-state index in [-0.39, 0.29) is 12.7 Å². The monoisotopic (exact) mass is 377 g/mol. The number of carbonyl (C=O) groups excluding carboxylic acids is 1. The summed E-state index contributed by atoms with van der Waals surface area (Å²) < 4.78 is 16.0. The highest BCUT2D eigenvalue weighted by molar-refractivity contribution is 5.92. The van der Waals surface area contributed by atoms with Gasteiger partial charge in [-0.25, -0.2) is 4.98 Å². The van der Waals surface area contributed by atoms with Crippen molar-refractivity contribution in [3.8, 4) is 17.2 Å². The lowest BCUT2D eigenvalue weighted by Crippen LogP contribution is -2.24. The van der Waals surface area contributed by atoms with Crippen LogP contribution in [0.2, 0.25) is 0 Å². The highest BCUT2D eigenvalue weighted by Gasteiger charge is 2.13. The van der Waals surface area contributed by atoms with Crippen LogP contribution < -0.4 is 24.8 Å². The van der Waals surface area contributed by atoms with E-state index in [1.54, 1.807) is 25.4 Å². The summed E-state index contributed by atoms with van der Waals surface area (Å²) in [6.45, 7) is 0.598. The van der Waals surface area contributed by atoms with Gasteiger partial charge in [-0.15, -0.1) is 0 Å². The fourth-order valence-corrected chi connectivity index (χ4v) is 2.86. The zero-order chi connectivity index (χ0) is 19.3. The molecular weight excluding hydrogens is 358 g/mol. The van der Waals surface area contributed by atoms with Crippen LogP contribution >= 0.6 is 0 Å². The van der Waals surface area contributed by atoms with E-state index in [9.17, 15) is 4.79 Å². The fourth-order valence-electron chi connectivity index (χ4n) is 2.86. The second-order valence-corrected chi connectivity index (χ2v) is 6.12. The standard InChI is InChI=1S/C21H19N3O4/c1-26-18-5-3-2-4-14(18)11-23-21(25)17-8-6-16(12-22-17)24-15-7-9-19-20(10-15)28-13-27-19/h2-10,12,24H,11,13H2,1H3,(H,23,25). The second kappa shape index (κ2) is 7.87. The highest BCUT2D eigenvalue weighted by atomic mass is 16.7. The maximum absolute atomic E-state index is 12.3. The van der Waals surface area contributed by atoms with Crippen molar-refractivity contribution < 1.29 is 19.0 Å². The molecule has 2 aromatic carbocycles. The minimum atomic E-state index is -0.250. The number of fused-ring (bicyclic) bond motifs is 1. The summed E-state index contributed by atoms with van der Waals surface area (Å²) in [5, 5.41) is 6.08. The zero-order valence-electron chi connectivity index (χ0n) is 15.3. The van der Waals surface area contributed by atoms with Gasteiger partial charge in [0.2, 0.25) is 6.79 Å². The lowest BCUT2D eigenvalue weighted by molar-refractivity contribution is 0.0945. The molecule has 0 aliphatic carbocycles. The molecule has 7 nitrogen and oxygen atoms in total. The number of anilines is 2. The molecule has 7 heteroatoms. The summed E-state index contributed by atoms with van der Waals surface area (Å²) >= 11 is 0. The van der Waals surface area contributed by atoms with Crippen molar-refractivity contribution in [1.82, 2.24) is 10.3 Å². The molecule has 1 amide bonds. The van der Waals surface area contributed by atoms with Gasteiger partial charge in [0, 0.05) is 23.9 Å². The molecule has 1 aliphatic heterocycles. The van der Waals surface area contributed by atoms with Crippen LogP contribution in [-0.2, 0) is 6.54 Å². The van der Waals surface area contributed by atoms with E-state index < -0.39 is 0 Å². The Bertz CT molecular complexity index is 989. The van der Waals surface area contributed by atoms with E-state index in [2.05, 4.69) is 15.6 Å². The largest absolute Gasteiger partial charge is 0.496 e. The van der Waals surface area contributed by atoms with Crippen LogP contribution in [0.3, 0.4) is 0 Å². The van der Waals surface area contributed by atoms with Crippen LogP contribution in [0.15, 0.2) is 60.8 Å². The molecule has 1 aromatic heterocycles. The number of para-hydroxylation sites is 1. The maximum atomic E-state index is 12.3. The smallest absolute Gasteiger partial charge is 0.270 e. The van der Waals surface area contributed by atoms with Gasteiger partial charge in [-0.1, -0.05) is 18.2 Å². The summed E-state index contributed by atoms with van der Waals surface area (Å²) in [5.74, 6) is 1.91. The average Bonchev–Trinajstić information content (AvgIpc) is 3.20. The molecule has 0 bridgehead atoms. The zero-order valence-corrected chi connectivity index (χ0v) is 15.3. The molecule has 2 N–H and O–H groups in total. The number of nitrogens with one attached hydrogen (secondary N) is 2. The predicted molar refractivity (Wildman–Crippen MR) is 104 cm³/mol. The van der Waals surface area contributed by atoms with Crippen LogP contribution in [0.25, 0.3) is 0 Å². The van der Waals surface area contributed by atoms with Crippen molar-refractivity contribution in [2.45, 2.75) is 6.54 Å². The van der Waals surface area contributed by atoms with Crippen molar-refractivity contribution in [2.24, 2.45) is 0 Å². The SMILES string of the molecule is COc1ccccc1CNC(=O)c1ccc(Nc2ccc3c(c2)OCO3)cn1. The van der Waals surface area contributed by atoms with E-state index >= 15 is 0 Å². The molecule has 1 aliphatic rings. The number of hydrogen-bond donors (Lipinski definition) is 2. The lowest BCUT2D eigenvalue weighted by Gasteiger charge is -2.10. The fraction of sp³-hybridized carbons (Fsp3) is 0.143. The Kier molecular flexibility index (Phi) is 4.97. The Morgan fingerprint density at radius 3 is 2.71 bits per heavy atom. The molecule has 0 radical (unpaired) electrons. The number of benzene rings is 2. The van der Waals surface area contributed by atoms with Crippen molar-refractivity contribution in [3.63, 3.8) is 0 Å². The average molecular weight is 377 g/mol. The number of amides is 1. The molecule has 0 saturated carbocycles. The van der Waals surface area contributed by atoms with Crippen LogP contribution in [0, 0.1) is 0 Å². The minimum Gasteiger partial charge on any atom is -0.496 e. The van der Waals surface area contributed by atoms with Crippen LogP contribution in [-0.4, -0.2) is 24.8 Å². The number of ether oxygens (including phenoxy) is 3. The van der Waals surface area contributed by atoms with Gasteiger partial charge < -0.3 is 24.8 Å². The Morgan fingerprint density at radius 1 is 1.07 bits per heavy atom. The first-order valence-corrected chi connectivity index (χ1v) is 8.76. The minimum absolute atomic E-state index is 0.235.